The van der Waals surface area contributed by atoms with E-state index in [0.717, 1.165) is 6.54 Å². The van der Waals surface area contributed by atoms with Gasteiger partial charge < -0.3 is 4.90 Å². The van der Waals surface area contributed by atoms with Gasteiger partial charge in [0.25, 0.3) is 0 Å². The molecule has 0 unspecified atom stereocenters. The van der Waals surface area contributed by atoms with E-state index in [2.05, 4.69) is 73.7 Å². The minimum Gasteiger partial charge on any atom is -0.377 e. The van der Waals surface area contributed by atoms with E-state index in [1.165, 1.54) is 21.4 Å². The van der Waals surface area contributed by atoms with E-state index < -0.39 is 0 Å². The van der Waals surface area contributed by atoms with Crippen molar-refractivity contribution < 1.29 is 0 Å². The van der Waals surface area contributed by atoms with Crippen LogP contribution in [0.25, 0.3) is 10.8 Å². The summed E-state index contributed by atoms with van der Waals surface area (Å²) in [5.41, 5.74) is 1.27. The molecule has 2 nitrogen and oxygen atoms in total. The smallest absolute Gasteiger partial charge is 0.0441 e. The summed E-state index contributed by atoms with van der Waals surface area (Å²) in [6.07, 6.45) is 0. The Labute approximate surface area is 114 Å². The standard InChI is InChI=1S/C15H20N2S/c1-5-17(4)18-15-11-7-8-12-13(15)9-6-10-14(12)16(2)3/h6-11H,5H2,1-4H3. The van der Waals surface area contributed by atoms with Gasteiger partial charge in [-0.3, -0.25) is 0 Å². The van der Waals surface area contributed by atoms with Gasteiger partial charge in [-0.1, -0.05) is 31.2 Å². The van der Waals surface area contributed by atoms with E-state index in [0.29, 0.717) is 0 Å². The van der Waals surface area contributed by atoms with Crippen LogP contribution in [0, 0.1) is 0 Å². The summed E-state index contributed by atoms with van der Waals surface area (Å²) in [6, 6.07) is 13.0. The molecule has 0 atom stereocenters. The molecule has 0 aliphatic rings. The molecular formula is C15H20N2S. The first-order valence-corrected chi connectivity index (χ1v) is 6.99. The Morgan fingerprint density at radius 3 is 2.28 bits per heavy atom. The van der Waals surface area contributed by atoms with Crippen molar-refractivity contribution in [2.75, 3.05) is 32.6 Å². The summed E-state index contributed by atoms with van der Waals surface area (Å²) in [5.74, 6) is 0. The topological polar surface area (TPSA) is 6.48 Å². The molecule has 0 aromatic heterocycles. The highest BCUT2D eigenvalue weighted by molar-refractivity contribution is 7.97. The summed E-state index contributed by atoms with van der Waals surface area (Å²) in [5, 5.41) is 2.64. The molecule has 0 aliphatic heterocycles. The normalized spacial score (nSPS) is 11.2. The van der Waals surface area contributed by atoms with Gasteiger partial charge in [0.15, 0.2) is 0 Å². The lowest BCUT2D eigenvalue weighted by Crippen LogP contribution is -2.09. The average Bonchev–Trinajstić information content (AvgIpc) is 2.38. The van der Waals surface area contributed by atoms with Crippen molar-refractivity contribution in [3.05, 3.63) is 36.4 Å². The molecule has 18 heavy (non-hydrogen) atoms. The number of nitrogens with zero attached hydrogens (tertiary/aromatic N) is 2. The molecular weight excluding hydrogens is 240 g/mol. The minimum atomic E-state index is 1.04. The third-order valence-electron chi connectivity index (χ3n) is 3.04. The van der Waals surface area contributed by atoms with Gasteiger partial charge in [-0.25, -0.2) is 4.31 Å². The van der Waals surface area contributed by atoms with Gasteiger partial charge in [-0.2, -0.15) is 0 Å². The fraction of sp³-hybridized carbons (Fsp3) is 0.333. The van der Waals surface area contributed by atoms with Crippen molar-refractivity contribution >= 4 is 28.4 Å². The summed E-state index contributed by atoms with van der Waals surface area (Å²) in [7, 11) is 6.30. The van der Waals surface area contributed by atoms with E-state index in [1.54, 1.807) is 0 Å². The number of benzene rings is 2. The van der Waals surface area contributed by atoms with Crippen LogP contribution >= 0.6 is 11.9 Å². The van der Waals surface area contributed by atoms with Crippen LogP contribution in [-0.4, -0.2) is 32.0 Å². The van der Waals surface area contributed by atoms with E-state index in [9.17, 15) is 0 Å². The predicted molar refractivity (Wildman–Crippen MR) is 82.4 cm³/mol. The molecule has 0 saturated carbocycles. The van der Waals surface area contributed by atoms with E-state index in [4.69, 9.17) is 0 Å². The summed E-state index contributed by atoms with van der Waals surface area (Å²) < 4.78 is 2.25. The Morgan fingerprint density at radius 2 is 1.61 bits per heavy atom. The molecule has 0 aliphatic carbocycles. The molecule has 0 bridgehead atoms. The van der Waals surface area contributed by atoms with Gasteiger partial charge in [-0.05, 0) is 36.5 Å². The maximum Gasteiger partial charge on any atom is 0.0441 e. The van der Waals surface area contributed by atoms with Crippen LogP contribution in [0.15, 0.2) is 41.3 Å². The van der Waals surface area contributed by atoms with Crippen molar-refractivity contribution in [1.82, 2.24) is 4.31 Å². The van der Waals surface area contributed by atoms with Gasteiger partial charge in [0.2, 0.25) is 0 Å². The molecule has 0 fully saturated rings. The fourth-order valence-corrected chi connectivity index (χ4v) is 2.85. The zero-order chi connectivity index (χ0) is 13.1. The summed E-state index contributed by atoms with van der Waals surface area (Å²) >= 11 is 1.81. The predicted octanol–water partition coefficient (Wildman–Crippen LogP) is 3.86. The quantitative estimate of drug-likeness (QED) is 0.771. The second-order valence-corrected chi connectivity index (χ2v) is 5.80. The molecule has 2 aromatic rings. The maximum absolute atomic E-state index is 2.25. The molecule has 0 heterocycles. The zero-order valence-corrected chi connectivity index (χ0v) is 12.3. The van der Waals surface area contributed by atoms with Gasteiger partial charge in [0.05, 0.1) is 0 Å². The number of rotatable bonds is 4. The van der Waals surface area contributed by atoms with Crippen molar-refractivity contribution in [3.63, 3.8) is 0 Å². The van der Waals surface area contributed by atoms with Crippen LogP contribution in [0.2, 0.25) is 0 Å². The van der Waals surface area contributed by atoms with E-state index >= 15 is 0 Å². The van der Waals surface area contributed by atoms with Gasteiger partial charge in [-0.15, -0.1) is 0 Å². The fourth-order valence-electron chi connectivity index (χ4n) is 1.97. The number of fused-ring (bicyclic) bond motifs is 1. The largest absolute Gasteiger partial charge is 0.377 e. The van der Waals surface area contributed by atoms with Gasteiger partial charge in [0, 0.05) is 36.6 Å². The Bertz CT molecular complexity index is 537. The van der Waals surface area contributed by atoms with Crippen LogP contribution in [0.1, 0.15) is 6.92 Å². The molecule has 0 spiro atoms. The Morgan fingerprint density at radius 1 is 0.944 bits per heavy atom. The van der Waals surface area contributed by atoms with Crippen LogP contribution in [0.4, 0.5) is 5.69 Å². The highest BCUT2D eigenvalue weighted by Crippen LogP contribution is 2.33. The molecule has 2 aromatic carbocycles. The first-order valence-electron chi connectivity index (χ1n) is 6.21. The number of hydrogen-bond donors (Lipinski definition) is 0. The Hall–Kier alpha value is -1.19. The SMILES string of the molecule is CCN(C)Sc1cccc2c(N(C)C)cccc12. The highest BCUT2D eigenvalue weighted by Gasteiger charge is 2.07. The molecule has 0 radical (unpaired) electrons. The maximum atomic E-state index is 2.25. The molecule has 0 N–H and O–H groups in total. The zero-order valence-electron chi connectivity index (χ0n) is 11.5. The minimum absolute atomic E-state index is 1.04. The second-order valence-electron chi connectivity index (χ2n) is 4.56. The molecule has 3 heteroatoms. The summed E-state index contributed by atoms with van der Waals surface area (Å²) in [4.78, 5) is 3.49. The second kappa shape index (κ2) is 5.63. The lowest BCUT2D eigenvalue weighted by molar-refractivity contribution is 0.602. The summed E-state index contributed by atoms with van der Waals surface area (Å²) in [6.45, 7) is 3.21. The highest BCUT2D eigenvalue weighted by atomic mass is 32.2. The van der Waals surface area contributed by atoms with Crippen molar-refractivity contribution in [3.8, 4) is 0 Å². The average molecular weight is 260 g/mol. The first-order chi connectivity index (χ1) is 8.63. The van der Waals surface area contributed by atoms with Crippen LogP contribution < -0.4 is 4.90 Å². The van der Waals surface area contributed by atoms with E-state index in [1.807, 2.05) is 11.9 Å². The van der Waals surface area contributed by atoms with Crippen LogP contribution in [0.3, 0.4) is 0 Å². The van der Waals surface area contributed by atoms with Crippen molar-refractivity contribution in [1.29, 1.82) is 0 Å². The molecule has 0 saturated heterocycles. The lowest BCUT2D eigenvalue weighted by Gasteiger charge is -2.18. The lowest BCUT2D eigenvalue weighted by atomic mass is 10.1. The van der Waals surface area contributed by atoms with Crippen LogP contribution in [-0.2, 0) is 0 Å². The van der Waals surface area contributed by atoms with Gasteiger partial charge in [0.1, 0.15) is 0 Å². The number of anilines is 1. The van der Waals surface area contributed by atoms with E-state index in [-0.39, 0.29) is 0 Å². The van der Waals surface area contributed by atoms with Gasteiger partial charge >= 0.3 is 0 Å². The third kappa shape index (κ3) is 2.62. The van der Waals surface area contributed by atoms with Crippen LogP contribution in [0.5, 0.6) is 0 Å². The Kier molecular flexibility index (Phi) is 4.15. The number of hydrogen-bond acceptors (Lipinski definition) is 3. The Balaban J connectivity index is 2.53. The van der Waals surface area contributed by atoms with Crippen molar-refractivity contribution in [2.24, 2.45) is 0 Å². The monoisotopic (exact) mass is 260 g/mol. The molecule has 96 valence electrons. The molecule has 2 rings (SSSR count). The molecule has 0 amide bonds. The third-order valence-corrected chi connectivity index (χ3v) is 4.16. The van der Waals surface area contributed by atoms with Crippen molar-refractivity contribution in [2.45, 2.75) is 11.8 Å². The first kappa shape index (κ1) is 13.2.